The molecule has 0 bridgehead atoms. The van der Waals surface area contributed by atoms with E-state index < -0.39 is 11.9 Å². The van der Waals surface area contributed by atoms with Gasteiger partial charge in [0.15, 0.2) is 5.13 Å². The van der Waals surface area contributed by atoms with Gasteiger partial charge in [-0.15, -0.1) is 11.3 Å². The number of carboxylic acid groups (broad SMARTS) is 1. The number of hydrogen-bond acceptors (Lipinski definition) is 6. The topological polar surface area (TPSA) is 92.6 Å². The zero-order chi connectivity index (χ0) is 25.9. The molecule has 1 amide bonds. The van der Waals surface area contributed by atoms with E-state index in [-0.39, 0.29) is 18.4 Å². The van der Waals surface area contributed by atoms with Crippen LogP contribution in [0.15, 0.2) is 41.9 Å². The predicted molar refractivity (Wildman–Crippen MR) is 145 cm³/mol. The van der Waals surface area contributed by atoms with Crippen molar-refractivity contribution in [1.82, 2.24) is 9.97 Å². The summed E-state index contributed by atoms with van der Waals surface area (Å²) in [5.41, 5.74) is 3.42. The van der Waals surface area contributed by atoms with Gasteiger partial charge in [-0.2, -0.15) is 0 Å². The summed E-state index contributed by atoms with van der Waals surface area (Å²) in [6.07, 6.45) is 8.53. The fourth-order valence-corrected chi connectivity index (χ4v) is 6.41. The highest BCUT2D eigenvalue weighted by molar-refractivity contribution is 7.14. The minimum absolute atomic E-state index is 0.0891. The molecule has 2 aliphatic rings. The molecule has 1 N–H and O–H groups in total. The van der Waals surface area contributed by atoms with E-state index in [1.807, 2.05) is 35.7 Å². The second-order valence-electron chi connectivity index (χ2n) is 9.90. The maximum atomic E-state index is 13.8. The fourth-order valence-electron chi connectivity index (χ4n) is 5.27. The third-order valence-electron chi connectivity index (χ3n) is 7.23. The minimum atomic E-state index is -0.924. The first-order valence-corrected chi connectivity index (χ1v) is 14.0. The Morgan fingerprint density at radius 2 is 1.92 bits per heavy atom. The van der Waals surface area contributed by atoms with Crippen molar-refractivity contribution in [2.75, 3.05) is 12.0 Å². The van der Waals surface area contributed by atoms with Gasteiger partial charge in [0.1, 0.15) is 5.02 Å². The van der Waals surface area contributed by atoms with Crippen molar-refractivity contribution in [2.45, 2.75) is 57.4 Å². The van der Waals surface area contributed by atoms with Crippen LogP contribution in [-0.2, 0) is 9.59 Å². The molecule has 0 radical (unpaired) electrons. The van der Waals surface area contributed by atoms with Crippen LogP contribution in [0, 0.1) is 11.8 Å². The largest absolute Gasteiger partial charge is 0.481 e. The van der Waals surface area contributed by atoms with Gasteiger partial charge >= 0.3 is 5.97 Å². The lowest BCUT2D eigenvalue weighted by Gasteiger charge is -2.26. The molecule has 7 nitrogen and oxygen atoms in total. The van der Waals surface area contributed by atoms with E-state index in [1.165, 1.54) is 18.4 Å². The maximum absolute atomic E-state index is 13.8. The van der Waals surface area contributed by atoms with Crippen molar-refractivity contribution in [2.24, 2.45) is 11.8 Å². The molecule has 2 heterocycles. The molecule has 1 atom stereocenters. The Balaban J connectivity index is 1.44. The van der Waals surface area contributed by atoms with E-state index in [0.29, 0.717) is 28.4 Å². The first kappa shape index (κ1) is 25.7. The molecule has 2 saturated carbocycles. The summed E-state index contributed by atoms with van der Waals surface area (Å²) in [5, 5.41) is 12.6. The third-order valence-corrected chi connectivity index (χ3v) is 8.34. The highest BCUT2D eigenvalue weighted by atomic mass is 35.5. The number of carbonyl (C=O) groups excluding carboxylic acids is 1. The van der Waals surface area contributed by atoms with Crippen molar-refractivity contribution in [3.05, 3.63) is 46.9 Å². The van der Waals surface area contributed by atoms with Gasteiger partial charge in [0.2, 0.25) is 11.8 Å². The van der Waals surface area contributed by atoms with Gasteiger partial charge in [-0.3, -0.25) is 14.5 Å². The molecule has 0 unspecified atom stereocenters. The Morgan fingerprint density at radius 3 is 2.57 bits per heavy atom. The molecular weight excluding hydrogens is 510 g/mol. The molecule has 0 saturated heterocycles. The SMILES string of the molecule is COc1ncc(-c2ccccc2-c2csc(N(C(=O)[C@@H](CC(=O)O)CC3CCCC3)C3CC3)n2)cc1Cl. The summed E-state index contributed by atoms with van der Waals surface area (Å²) < 4.78 is 5.19. The van der Waals surface area contributed by atoms with Gasteiger partial charge in [-0.05, 0) is 36.8 Å². The molecule has 3 aromatic rings. The number of amides is 1. The van der Waals surface area contributed by atoms with E-state index in [4.69, 9.17) is 21.3 Å². The number of pyridine rings is 1. The lowest BCUT2D eigenvalue weighted by molar-refractivity contribution is -0.141. The van der Waals surface area contributed by atoms with Crippen LogP contribution in [0.4, 0.5) is 5.13 Å². The first-order valence-electron chi connectivity index (χ1n) is 12.7. The van der Waals surface area contributed by atoms with Gasteiger partial charge in [-0.1, -0.05) is 61.5 Å². The predicted octanol–water partition coefficient (Wildman–Crippen LogP) is 6.70. The van der Waals surface area contributed by atoms with Crippen LogP contribution in [0.2, 0.25) is 5.02 Å². The summed E-state index contributed by atoms with van der Waals surface area (Å²) in [6.45, 7) is 0. The van der Waals surface area contributed by atoms with E-state index >= 15 is 0 Å². The Morgan fingerprint density at radius 1 is 1.19 bits per heavy atom. The Kier molecular flexibility index (Phi) is 7.76. The molecule has 9 heteroatoms. The van der Waals surface area contributed by atoms with Crippen LogP contribution in [0.5, 0.6) is 5.88 Å². The van der Waals surface area contributed by atoms with E-state index in [2.05, 4.69) is 4.98 Å². The highest BCUT2D eigenvalue weighted by Gasteiger charge is 2.40. The van der Waals surface area contributed by atoms with Crippen LogP contribution >= 0.6 is 22.9 Å². The number of carboxylic acids is 1. The average molecular weight is 540 g/mol. The third kappa shape index (κ3) is 5.80. The molecule has 0 spiro atoms. The van der Waals surface area contributed by atoms with Gasteiger partial charge in [0.05, 0.1) is 19.2 Å². The Bertz CT molecular complexity index is 1290. The number of anilines is 1. The number of methoxy groups -OCH3 is 1. The molecule has 5 rings (SSSR count). The number of rotatable bonds is 10. The molecule has 2 aliphatic carbocycles. The van der Waals surface area contributed by atoms with Crippen LogP contribution < -0.4 is 9.64 Å². The number of carbonyl (C=O) groups is 2. The molecule has 194 valence electrons. The summed E-state index contributed by atoms with van der Waals surface area (Å²) >= 11 is 7.77. The molecule has 0 aliphatic heterocycles. The van der Waals surface area contributed by atoms with Crippen molar-refractivity contribution in [1.29, 1.82) is 0 Å². The van der Waals surface area contributed by atoms with Gasteiger partial charge in [-0.25, -0.2) is 9.97 Å². The lowest BCUT2D eigenvalue weighted by Crippen LogP contribution is -2.39. The van der Waals surface area contributed by atoms with Crippen molar-refractivity contribution < 1.29 is 19.4 Å². The highest BCUT2D eigenvalue weighted by Crippen LogP contribution is 2.41. The van der Waals surface area contributed by atoms with Crippen LogP contribution in [0.3, 0.4) is 0 Å². The maximum Gasteiger partial charge on any atom is 0.304 e. The lowest BCUT2D eigenvalue weighted by atomic mass is 9.90. The smallest absolute Gasteiger partial charge is 0.304 e. The Hall–Kier alpha value is -2.97. The zero-order valence-corrected chi connectivity index (χ0v) is 22.3. The van der Waals surface area contributed by atoms with Gasteiger partial charge < -0.3 is 9.84 Å². The number of benzene rings is 1. The van der Waals surface area contributed by atoms with Crippen molar-refractivity contribution in [3.8, 4) is 28.3 Å². The Labute approximate surface area is 225 Å². The van der Waals surface area contributed by atoms with E-state index in [0.717, 1.165) is 60.9 Å². The summed E-state index contributed by atoms with van der Waals surface area (Å²) in [5.74, 6) is -0.748. The van der Waals surface area contributed by atoms with Crippen LogP contribution in [0.1, 0.15) is 51.4 Å². The molecular formula is C28H30ClN3O4S. The first-order chi connectivity index (χ1) is 17.9. The number of aromatic nitrogens is 2. The number of nitrogens with zero attached hydrogens (tertiary/aromatic N) is 3. The average Bonchev–Trinajstić information content (AvgIpc) is 3.36. The number of thiazole rings is 1. The fraction of sp³-hybridized carbons (Fsp3) is 0.429. The summed E-state index contributed by atoms with van der Waals surface area (Å²) in [6, 6.07) is 9.78. The van der Waals surface area contributed by atoms with E-state index in [9.17, 15) is 14.7 Å². The molecule has 2 fully saturated rings. The summed E-state index contributed by atoms with van der Waals surface area (Å²) in [7, 11) is 1.53. The van der Waals surface area contributed by atoms with Crippen molar-refractivity contribution >= 4 is 39.9 Å². The van der Waals surface area contributed by atoms with E-state index in [1.54, 1.807) is 11.1 Å². The quantitative estimate of drug-likeness (QED) is 0.308. The van der Waals surface area contributed by atoms with Gasteiger partial charge in [0, 0.05) is 34.7 Å². The normalized spacial score (nSPS) is 16.5. The standard InChI is InChI=1S/C28H30ClN3O4S/c1-36-26-23(29)13-19(15-30-26)21-8-4-5-9-22(21)24-16-37-28(31-24)32(20-10-11-20)27(35)18(14-25(33)34)12-17-6-2-3-7-17/h4-5,8-9,13,15-18,20H,2-3,6-7,10-12,14H2,1H3,(H,33,34)/t18-/m1/s1. The number of hydrogen-bond donors (Lipinski definition) is 1. The second-order valence-corrected chi connectivity index (χ2v) is 11.1. The zero-order valence-electron chi connectivity index (χ0n) is 20.7. The van der Waals surface area contributed by atoms with Crippen molar-refractivity contribution in [3.63, 3.8) is 0 Å². The molecule has 2 aromatic heterocycles. The molecule has 1 aromatic carbocycles. The van der Waals surface area contributed by atoms with Gasteiger partial charge in [0.25, 0.3) is 0 Å². The molecule has 37 heavy (non-hydrogen) atoms. The number of ether oxygens (including phenoxy) is 1. The number of halogens is 1. The number of aliphatic carboxylic acids is 1. The second kappa shape index (κ2) is 11.2. The monoisotopic (exact) mass is 539 g/mol. The summed E-state index contributed by atoms with van der Waals surface area (Å²) in [4.78, 5) is 36.4. The van der Waals surface area contributed by atoms with Crippen LogP contribution in [-0.4, -0.2) is 40.1 Å². The minimum Gasteiger partial charge on any atom is -0.481 e. The van der Waals surface area contributed by atoms with Crippen LogP contribution in [0.25, 0.3) is 22.4 Å².